The molecule has 0 spiro atoms. The molecule has 0 unspecified atom stereocenters. The Balaban J connectivity index is 2.17. The van der Waals surface area contributed by atoms with Crippen LogP contribution in [0.4, 0.5) is 10.5 Å². The highest BCUT2D eigenvalue weighted by molar-refractivity contribution is 6.34. The fourth-order valence-corrected chi connectivity index (χ4v) is 1.92. The Morgan fingerprint density at radius 3 is 2.52 bits per heavy atom. The molecule has 122 valence electrons. The van der Waals surface area contributed by atoms with Crippen LogP contribution in [0.1, 0.15) is 31.3 Å². The second kappa shape index (κ2) is 6.29. The fourth-order valence-electron chi connectivity index (χ4n) is 1.70. The average molecular weight is 339 g/mol. The normalized spacial score (nSPS) is 11.1. The summed E-state index contributed by atoms with van der Waals surface area (Å²) in [6, 6.07) is 5.99. The molecule has 0 radical (unpaired) electrons. The maximum Gasteiger partial charge on any atom is 0.412 e. The van der Waals surface area contributed by atoms with E-state index in [0.29, 0.717) is 11.3 Å². The molecular weight excluding hydrogens is 324 g/mol. The fraction of sp³-hybridized carbons (Fsp3) is 0.267. The molecule has 1 aromatic heterocycles. The Kier molecular flexibility index (Phi) is 4.60. The molecule has 0 aliphatic heterocycles. The van der Waals surface area contributed by atoms with Gasteiger partial charge < -0.3 is 14.4 Å². The van der Waals surface area contributed by atoms with Gasteiger partial charge in [-0.3, -0.25) is 5.32 Å². The number of anilines is 1. The smallest absolute Gasteiger partial charge is 0.412 e. The SMILES string of the molecule is CC(C)(C)OC(=O)Nc1ccc(-c2cc(C(=O)O)no2)cc1Cl. The van der Waals surface area contributed by atoms with Gasteiger partial charge in [0.2, 0.25) is 0 Å². The van der Waals surface area contributed by atoms with Crippen molar-refractivity contribution in [2.24, 2.45) is 0 Å². The van der Waals surface area contributed by atoms with E-state index in [1.807, 2.05) is 0 Å². The number of carboxylic acids is 1. The third kappa shape index (κ3) is 4.46. The monoisotopic (exact) mass is 338 g/mol. The Labute approximate surface area is 137 Å². The van der Waals surface area contributed by atoms with E-state index in [1.54, 1.807) is 32.9 Å². The minimum atomic E-state index is -1.19. The molecule has 1 amide bonds. The van der Waals surface area contributed by atoms with Crippen molar-refractivity contribution in [3.05, 3.63) is 35.0 Å². The molecule has 0 saturated carbocycles. The minimum Gasteiger partial charge on any atom is -0.476 e. The lowest BCUT2D eigenvalue weighted by molar-refractivity contribution is 0.0633. The number of aromatic nitrogens is 1. The Morgan fingerprint density at radius 2 is 2.00 bits per heavy atom. The molecule has 1 aromatic carbocycles. The van der Waals surface area contributed by atoms with Crippen LogP contribution < -0.4 is 5.32 Å². The van der Waals surface area contributed by atoms with Gasteiger partial charge in [0.1, 0.15) is 5.60 Å². The number of carbonyl (C=O) groups is 2. The number of nitrogens with zero attached hydrogens (tertiary/aromatic N) is 1. The van der Waals surface area contributed by atoms with Crippen molar-refractivity contribution in [1.29, 1.82) is 0 Å². The van der Waals surface area contributed by atoms with Gasteiger partial charge >= 0.3 is 12.1 Å². The molecule has 0 aliphatic carbocycles. The summed E-state index contributed by atoms with van der Waals surface area (Å²) in [5.74, 6) is -0.928. The van der Waals surface area contributed by atoms with Crippen LogP contribution in [-0.4, -0.2) is 27.9 Å². The van der Waals surface area contributed by atoms with E-state index >= 15 is 0 Å². The maximum atomic E-state index is 11.7. The van der Waals surface area contributed by atoms with E-state index < -0.39 is 17.7 Å². The molecule has 23 heavy (non-hydrogen) atoms. The number of ether oxygens (including phenoxy) is 1. The topological polar surface area (TPSA) is 102 Å². The predicted molar refractivity (Wildman–Crippen MR) is 83.8 cm³/mol. The highest BCUT2D eigenvalue weighted by Crippen LogP contribution is 2.29. The Bertz CT molecular complexity index is 749. The lowest BCUT2D eigenvalue weighted by Gasteiger charge is -2.20. The lowest BCUT2D eigenvalue weighted by atomic mass is 10.1. The number of hydrogen-bond donors (Lipinski definition) is 2. The molecule has 0 atom stereocenters. The number of rotatable bonds is 3. The van der Waals surface area contributed by atoms with Crippen LogP contribution >= 0.6 is 11.6 Å². The van der Waals surface area contributed by atoms with Crippen molar-refractivity contribution in [2.75, 3.05) is 5.32 Å². The molecule has 0 aliphatic rings. The van der Waals surface area contributed by atoms with Gasteiger partial charge in [0, 0.05) is 11.6 Å². The highest BCUT2D eigenvalue weighted by atomic mass is 35.5. The number of carboxylic acid groups (broad SMARTS) is 1. The molecular formula is C15H15ClN2O5. The zero-order valence-corrected chi connectivity index (χ0v) is 13.5. The van der Waals surface area contributed by atoms with Crippen molar-refractivity contribution in [2.45, 2.75) is 26.4 Å². The van der Waals surface area contributed by atoms with Gasteiger partial charge in [0.05, 0.1) is 10.7 Å². The molecule has 1 heterocycles. The molecule has 2 N–H and O–H groups in total. The zero-order chi connectivity index (χ0) is 17.2. The van der Waals surface area contributed by atoms with Gasteiger partial charge in [-0.2, -0.15) is 0 Å². The van der Waals surface area contributed by atoms with Crippen LogP contribution in [0.5, 0.6) is 0 Å². The van der Waals surface area contributed by atoms with E-state index in [9.17, 15) is 9.59 Å². The van der Waals surface area contributed by atoms with Gasteiger partial charge in [0.25, 0.3) is 0 Å². The van der Waals surface area contributed by atoms with Crippen LogP contribution in [-0.2, 0) is 4.74 Å². The van der Waals surface area contributed by atoms with Crippen LogP contribution in [0.15, 0.2) is 28.8 Å². The van der Waals surface area contributed by atoms with Crippen molar-refractivity contribution < 1.29 is 24.0 Å². The molecule has 2 aromatic rings. The predicted octanol–water partition coefficient (Wildman–Crippen LogP) is 4.04. The van der Waals surface area contributed by atoms with Crippen molar-refractivity contribution in [3.8, 4) is 11.3 Å². The van der Waals surface area contributed by atoms with E-state index in [4.69, 9.17) is 26.0 Å². The van der Waals surface area contributed by atoms with E-state index in [2.05, 4.69) is 10.5 Å². The summed E-state index contributed by atoms with van der Waals surface area (Å²) in [5, 5.41) is 15.0. The zero-order valence-electron chi connectivity index (χ0n) is 12.7. The number of hydrogen-bond acceptors (Lipinski definition) is 5. The average Bonchev–Trinajstić information content (AvgIpc) is 2.88. The second-order valence-electron chi connectivity index (χ2n) is 5.70. The quantitative estimate of drug-likeness (QED) is 0.875. The number of nitrogens with one attached hydrogen (secondary N) is 1. The van der Waals surface area contributed by atoms with Crippen LogP contribution in [0, 0.1) is 0 Å². The molecule has 0 fully saturated rings. The number of halogens is 1. The Morgan fingerprint density at radius 1 is 1.30 bits per heavy atom. The summed E-state index contributed by atoms with van der Waals surface area (Å²) < 4.78 is 10.1. The number of benzene rings is 1. The van der Waals surface area contributed by atoms with Gasteiger partial charge in [-0.25, -0.2) is 9.59 Å². The number of aromatic carboxylic acids is 1. The van der Waals surface area contributed by atoms with Gasteiger partial charge in [-0.15, -0.1) is 0 Å². The second-order valence-corrected chi connectivity index (χ2v) is 6.11. The van der Waals surface area contributed by atoms with Crippen molar-refractivity contribution in [1.82, 2.24) is 5.16 Å². The minimum absolute atomic E-state index is 0.202. The van der Waals surface area contributed by atoms with Gasteiger partial charge in [0.15, 0.2) is 11.5 Å². The van der Waals surface area contributed by atoms with E-state index in [1.165, 1.54) is 12.1 Å². The Hall–Kier alpha value is -2.54. The first kappa shape index (κ1) is 16.8. The summed E-state index contributed by atoms with van der Waals surface area (Å²) in [7, 11) is 0. The van der Waals surface area contributed by atoms with Gasteiger partial charge in [-0.05, 0) is 39.0 Å². The third-order valence-electron chi connectivity index (χ3n) is 2.62. The van der Waals surface area contributed by atoms with Crippen LogP contribution in [0.25, 0.3) is 11.3 Å². The largest absolute Gasteiger partial charge is 0.476 e. The molecule has 2 rings (SSSR count). The number of carbonyl (C=O) groups excluding carboxylic acids is 1. The number of amides is 1. The summed E-state index contributed by atoms with van der Waals surface area (Å²) in [5.41, 5.74) is 0.0725. The third-order valence-corrected chi connectivity index (χ3v) is 2.93. The first-order valence-electron chi connectivity index (χ1n) is 6.65. The molecule has 0 saturated heterocycles. The first-order valence-corrected chi connectivity index (χ1v) is 7.03. The standard InChI is InChI=1S/C15H15ClN2O5/c1-15(2,3)22-14(21)17-10-5-4-8(6-9(10)16)12-7-11(13(19)20)18-23-12/h4-7H,1-3H3,(H,17,21)(H,19,20). The van der Waals surface area contributed by atoms with Crippen molar-refractivity contribution >= 4 is 29.4 Å². The van der Waals surface area contributed by atoms with Gasteiger partial charge in [-0.1, -0.05) is 16.8 Å². The summed E-state index contributed by atoms with van der Waals surface area (Å²) in [6.07, 6.45) is -0.625. The highest BCUT2D eigenvalue weighted by Gasteiger charge is 2.18. The van der Waals surface area contributed by atoms with Crippen LogP contribution in [0.3, 0.4) is 0 Å². The summed E-state index contributed by atoms with van der Waals surface area (Å²) in [6.45, 7) is 5.25. The summed E-state index contributed by atoms with van der Waals surface area (Å²) in [4.78, 5) is 22.5. The molecule has 8 heteroatoms. The maximum absolute atomic E-state index is 11.7. The first-order chi connectivity index (χ1) is 10.7. The summed E-state index contributed by atoms with van der Waals surface area (Å²) >= 11 is 6.12. The molecule has 7 nitrogen and oxygen atoms in total. The van der Waals surface area contributed by atoms with E-state index in [-0.39, 0.29) is 16.5 Å². The lowest BCUT2D eigenvalue weighted by Crippen LogP contribution is -2.27. The molecule has 0 bridgehead atoms. The van der Waals surface area contributed by atoms with Crippen LogP contribution in [0.2, 0.25) is 5.02 Å². The van der Waals surface area contributed by atoms with Crippen molar-refractivity contribution in [3.63, 3.8) is 0 Å². The van der Waals surface area contributed by atoms with E-state index in [0.717, 1.165) is 0 Å².